The van der Waals surface area contributed by atoms with Crippen molar-refractivity contribution in [3.8, 4) is 5.75 Å². The minimum atomic E-state index is 0.250. The zero-order chi connectivity index (χ0) is 13.3. The summed E-state index contributed by atoms with van der Waals surface area (Å²) in [5, 5.41) is 0.319. The topological polar surface area (TPSA) is 9.23 Å². The molecule has 1 aromatic rings. The van der Waals surface area contributed by atoms with Crippen LogP contribution in [-0.4, -0.2) is 11.5 Å². The number of para-hydroxylation sites is 1. The molecule has 2 unspecified atom stereocenters. The average Bonchev–Trinajstić information content (AvgIpc) is 2.68. The van der Waals surface area contributed by atoms with Gasteiger partial charge >= 0.3 is 0 Å². The predicted molar refractivity (Wildman–Crippen MR) is 80.0 cm³/mol. The Morgan fingerprint density at radius 3 is 2.42 bits per heavy atom. The van der Waals surface area contributed by atoms with Crippen LogP contribution in [-0.2, 0) is 0 Å². The lowest BCUT2D eigenvalue weighted by molar-refractivity contribution is -0.0515. The zero-order valence-corrected chi connectivity index (χ0v) is 12.5. The van der Waals surface area contributed by atoms with Crippen LogP contribution in [0.15, 0.2) is 24.3 Å². The molecule has 2 aliphatic rings. The predicted octanol–water partition coefficient (Wildman–Crippen LogP) is 5.09. The van der Waals surface area contributed by atoms with Gasteiger partial charge in [0.25, 0.3) is 0 Å². The summed E-state index contributed by atoms with van der Waals surface area (Å²) < 4.78 is 6.32. The highest BCUT2D eigenvalue weighted by Gasteiger charge is 2.55. The number of aryl methyl sites for hydroxylation is 1. The van der Waals surface area contributed by atoms with Crippen molar-refractivity contribution in [2.24, 2.45) is 5.41 Å². The monoisotopic (exact) mass is 278 g/mol. The molecule has 0 radical (unpaired) electrons. The Morgan fingerprint density at radius 2 is 1.79 bits per heavy atom. The standard InChI is InChI=1S/C17H23ClO/c1-13-8-4-5-9-14(13)19-16-12-15(18)17(16)10-6-2-3-7-11-17/h4-5,8-9,15-16H,2-3,6-7,10-12H2,1H3. The molecular weight excluding hydrogens is 256 g/mol. The second kappa shape index (κ2) is 5.36. The lowest BCUT2D eigenvalue weighted by Gasteiger charge is -2.53. The van der Waals surface area contributed by atoms with Crippen molar-refractivity contribution >= 4 is 11.6 Å². The molecule has 0 aromatic heterocycles. The fraction of sp³-hybridized carbons (Fsp3) is 0.647. The first-order valence-electron chi connectivity index (χ1n) is 7.59. The van der Waals surface area contributed by atoms with Crippen LogP contribution in [0.3, 0.4) is 0 Å². The van der Waals surface area contributed by atoms with Crippen LogP contribution in [0.25, 0.3) is 0 Å². The Kier molecular flexibility index (Phi) is 3.75. The van der Waals surface area contributed by atoms with Gasteiger partial charge in [0.15, 0.2) is 0 Å². The van der Waals surface area contributed by atoms with Gasteiger partial charge in [-0.05, 0) is 31.4 Å². The number of rotatable bonds is 2. The molecule has 2 heteroatoms. The first-order chi connectivity index (χ1) is 9.22. The Labute approximate surface area is 121 Å². The highest BCUT2D eigenvalue weighted by Crippen LogP contribution is 2.55. The molecule has 2 fully saturated rings. The molecule has 2 atom stereocenters. The first-order valence-corrected chi connectivity index (χ1v) is 8.02. The van der Waals surface area contributed by atoms with Gasteiger partial charge in [-0.2, -0.15) is 0 Å². The van der Waals surface area contributed by atoms with Crippen molar-refractivity contribution in [3.63, 3.8) is 0 Å². The fourth-order valence-electron chi connectivity index (χ4n) is 3.73. The van der Waals surface area contributed by atoms with Gasteiger partial charge in [0.1, 0.15) is 11.9 Å². The highest BCUT2D eigenvalue weighted by molar-refractivity contribution is 6.21. The number of halogens is 1. The summed E-state index contributed by atoms with van der Waals surface area (Å²) in [5.41, 5.74) is 1.48. The van der Waals surface area contributed by atoms with E-state index in [0.717, 1.165) is 12.2 Å². The minimum Gasteiger partial charge on any atom is -0.489 e. The maximum Gasteiger partial charge on any atom is 0.122 e. The molecule has 0 bridgehead atoms. The van der Waals surface area contributed by atoms with Crippen LogP contribution in [0, 0.1) is 12.3 Å². The SMILES string of the molecule is Cc1ccccc1OC1CC(Cl)C12CCCCCC2. The molecule has 0 saturated heterocycles. The first kappa shape index (κ1) is 13.3. The van der Waals surface area contributed by atoms with E-state index in [1.807, 2.05) is 0 Å². The summed E-state index contributed by atoms with van der Waals surface area (Å²) in [6, 6.07) is 8.32. The fourth-order valence-corrected chi connectivity index (χ4v) is 4.25. The summed E-state index contributed by atoms with van der Waals surface area (Å²) >= 11 is 6.58. The Morgan fingerprint density at radius 1 is 1.11 bits per heavy atom. The largest absolute Gasteiger partial charge is 0.489 e. The molecule has 19 heavy (non-hydrogen) atoms. The van der Waals surface area contributed by atoms with Crippen LogP contribution < -0.4 is 4.74 Å². The van der Waals surface area contributed by atoms with E-state index < -0.39 is 0 Å². The van der Waals surface area contributed by atoms with Crippen LogP contribution in [0.4, 0.5) is 0 Å². The maximum atomic E-state index is 6.58. The van der Waals surface area contributed by atoms with Gasteiger partial charge in [0, 0.05) is 17.2 Å². The zero-order valence-electron chi connectivity index (χ0n) is 11.7. The summed E-state index contributed by atoms with van der Waals surface area (Å²) in [7, 11) is 0. The van der Waals surface area contributed by atoms with E-state index in [4.69, 9.17) is 16.3 Å². The van der Waals surface area contributed by atoms with Crippen LogP contribution in [0.1, 0.15) is 50.5 Å². The molecule has 1 nitrogen and oxygen atoms in total. The molecule has 0 N–H and O–H groups in total. The summed E-state index contributed by atoms with van der Waals surface area (Å²) in [4.78, 5) is 0. The van der Waals surface area contributed by atoms with E-state index in [1.54, 1.807) is 0 Å². The Hall–Kier alpha value is -0.690. The number of hydrogen-bond donors (Lipinski definition) is 0. The highest BCUT2D eigenvalue weighted by atomic mass is 35.5. The third-order valence-electron chi connectivity index (χ3n) is 5.08. The molecule has 1 spiro atoms. The van der Waals surface area contributed by atoms with Crippen molar-refractivity contribution in [1.82, 2.24) is 0 Å². The van der Waals surface area contributed by atoms with Gasteiger partial charge in [-0.1, -0.05) is 43.9 Å². The summed E-state index contributed by atoms with van der Waals surface area (Å²) in [6.45, 7) is 2.12. The van der Waals surface area contributed by atoms with Gasteiger partial charge in [-0.3, -0.25) is 0 Å². The molecule has 2 saturated carbocycles. The second-order valence-electron chi connectivity index (χ2n) is 6.22. The molecule has 0 amide bonds. The van der Waals surface area contributed by atoms with Gasteiger partial charge < -0.3 is 4.74 Å². The van der Waals surface area contributed by atoms with Crippen LogP contribution in [0.2, 0.25) is 0 Å². The molecule has 0 heterocycles. The molecule has 2 aliphatic carbocycles. The van der Waals surface area contributed by atoms with E-state index in [-0.39, 0.29) is 5.41 Å². The van der Waals surface area contributed by atoms with E-state index in [1.165, 1.54) is 44.1 Å². The molecular formula is C17H23ClO. The quantitative estimate of drug-likeness (QED) is 0.684. The normalized spacial score (nSPS) is 29.6. The van der Waals surface area contributed by atoms with Gasteiger partial charge in [-0.25, -0.2) is 0 Å². The van der Waals surface area contributed by atoms with E-state index in [9.17, 15) is 0 Å². The van der Waals surface area contributed by atoms with E-state index in [2.05, 4.69) is 31.2 Å². The lowest BCUT2D eigenvalue weighted by atomic mass is 9.61. The maximum absolute atomic E-state index is 6.58. The number of hydrogen-bond acceptors (Lipinski definition) is 1. The number of alkyl halides is 1. The van der Waals surface area contributed by atoms with Gasteiger partial charge in [0.05, 0.1) is 0 Å². The van der Waals surface area contributed by atoms with E-state index >= 15 is 0 Å². The van der Waals surface area contributed by atoms with Crippen LogP contribution >= 0.6 is 11.6 Å². The number of benzene rings is 1. The Balaban J connectivity index is 1.76. The number of ether oxygens (including phenoxy) is 1. The summed E-state index contributed by atoms with van der Waals surface area (Å²) in [5.74, 6) is 1.04. The average molecular weight is 279 g/mol. The molecule has 0 aliphatic heterocycles. The van der Waals surface area contributed by atoms with Gasteiger partial charge in [-0.15, -0.1) is 11.6 Å². The second-order valence-corrected chi connectivity index (χ2v) is 6.75. The van der Waals surface area contributed by atoms with Crippen molar-refractivity contribution in [2.75, 3.05) is 0 Å². The van der Waals surface area contributed by atoms with Crippen LogP contribution in [0.5, 0.6) is 5.75 Å². The van der Waals surface area contributed by atoms with Crippen molar-refractivity contribution < 1.29 is 4.74 Å². The van der Waals surface area contributed by atoms with Crippen molar-refractivity contribution in [1.29, 1.82) is 0 Å². The third kappa shape index (κ3) is 2.38. The van der Waals surface area contributed by atoms with Crippen molar-refractivity contribution in [3.05, 3.63) is 29.8 Å². The van der Waals surface area contributed by atoms with Crippen molar-refractivity contribution in [2.45, 2.75) is 63.4 Å². The molecule has 104 valence electrons. The summed E-state index contributed by atoms with van der Waals surface area (Å²) in [6.07, 6.45) is 9.19. The Bertz CT molecular complexity index is 435. The van der Waals surface area contributed by atoms with E-state index in [0.29, 0.717) is 11.5 Å². The smallest absolute Gasteiger partial charge is 0.122 e. The molecule has 1 aromatic carbocycles. The third-order valence-corrected chi connectivity index (χ3v) is 5.70. The minimum absolute atomic E-state index is 0.250. The molecule has 3 rings (SSSR count). The van der Waals surface area contributed by atoms with Gasteiger partial charge in [0.2, 0.25) is 0 Å². The lowest BCUT2D eigenvalue weighted by Crippen LogP contribution is -2.57.